The Morgan fingerprint density at radius 3 is 2.63 bits per heavy atom. The second-order valence-corrected chi connectivity index (χ2v) is 4.32. The van der Waals surface area contributed by atoms with Gasteiger partial charge in [-0.25, -0.2) is 9.97 Å². The molecule has 6 heteroatoms. The summed E-state index contributed by atoms with van der Waals surface area (Å²) in [6.45, 7) is 2.53. The molecule has 0 aliphatic rings. The number of hydrogen-bond acceptors (Lipinski definition) is 5. The molecule has 98 valence electrons. The van der Waals surface area contributed by atoms with Gasteiger partial charge in [0.05, 0.1) is 0 Å². The zero-order chi connectivity index (χ0) is 13.8. The summed E-state index contributed by atoms with van der Waals surface area (Å²) in [7, 11) is 1.90. The summed E-state index contributed by atoms with van der Waals surface area (Å²) in [5, 5.41) is 7.45. The summed E-state index contributed by atoms with van der Waals surface area (Å²) >= 11 is 0. The minimum Gasteiger partial charge on any atom is -0.382 e. The molecule has 0 saturated carbocycles. The van der Waals surface area contributed by atoms with Crippen molar-refractivity contribution in [2.24, 2.45) is 5.73 Å². The maximum atomic E-state index is 7.45. The van der Waals surface area contributed by atoms with Gasteiger partial charge in [0.15, 0.2) is 0 Å². The lowest BCUT2D eigenvalue weighted by atomic mass is 10.2. The maximum absolute atomic E-state index is 7.45. The van der Waals surface area contributed by atoms with Gasteiger partial charge < -0.3 is 10.6 Å². The molecule has 0 bridgehead atoms. The third-order valence-electron chi connectivity index (χ3n) is 2.63. The first kappa shape index (κ1) is 12.9. The first-order valence-corrected chi connectivity index (χ1v) is 5.86. The van der Waals surface area contributed by atoms with Crippen LogP contribution in [0.1, 0.15) is 17.0 Å². The fraction of sp³-hybridized carbons (Fsp3) is 0.231. The molecule has 0 fully saturated rings. The Bertz CT molecular complexity index is 581. The molecule has 0 unspecified atom stereocenters. The maximum Gasteiger partial charge on any atom is 0.226 e. The summed E-state index contributed by atoms with van der Waals surface area (Å²) in [6, 6.07) is 5.59. The SMILES string of the molecule is Cc1cc(C(=N)N)nc(N(C)Cc2ccncc2)n1. The van der Waals surface area contributed by atoms with E-state index in [9.17, 15) is 0 Å². The second-order valence-electron chi connectivity index (χ2n) is 4.32. The van der Waals surface area contributed by atoms with E-state index in [-0.39, 0.29) is 5.84 Å². The first-order chi connectivity index (χ1) is 9.06. The number of nitrogens with one attached hydrogen (secondary N) is 1. The van der Waals surface area contributed by atoms with Crippen LogP contribution >= 0.6 is 0 Å². The normalized spacial score (nSPS) is 10.2. The first-order valence-electron chi connectivity index (χ1n) is 5.86. The van der Waals surface area contributed by atoms with Crippen molar-refractivity contribution in [3.8, 4) is 0 Å². The number of rotatable bonds is 4. The minimum atomic E-state index is -0.0518. The lowest BCUT2D eigenvalue weighted by molar-refractivity contribution is 0.855. The van der Waals surface area contributed by atoms with E-state index in [1.165, 1.54) is 0 Å². The van der Waals surface area contributed by atoms with Gasteiger partial charge in [0.2, 0.25) is 5.95 Å². The minimum absolute atomic E-state index is 0.0518. The average molecular weight is 256 g/mol. The Balaban J connectivity index is 2.24. The molecule has 0 aliphatic heterocycles. The topological polar surface area (TPSA) is 91.8 Å². The number of nitrogens with two attached hydrogens (primary N) is 1. The molecule has 2 heterocycles. The van der Waals surface area contributed by atoms with Gasteiger partial charge in [-0.05, 0) is 30.7 Å². The molecule has 19 heavy (non-hydrogen) atoms. The van der Waals surface area contributed by atoms with Gasteiger partial charge in [-0.2, -0.15) is 0 Å². The summed E-state index contributed by atoms with van der Waals surface area (Å²) in [5.74, 6) is 0.506. The van der Waals surface area contributed by atoms with E-state index < -0.39 is 0 Å². The highest BCUT2D eigenvalue weighted by Crippen LogP contribution is 2.11. The molecule has 0 saturated heterocycles. The molecule has 0 atom stereocenters. The largest absolute Gasteiger partial charge is 0.382 e. The van der Waals surface area contributed by atoms with Crippen molar-refractivity contribution in [1.29, 1.82) is 5.41 Å². The van der Waals surface area contributed by atoms with Gasteiger partial charge in [-0.3, -0.25) is 10.4 Å². The molecule has 0 amide bonds. The van der Waals surface area contributed by atoms with E-state index in [1.54, 1.807) is 18.5 Å². The molecule has 0 aromatic carbocycles. The highest BCUT2D eigenvalue weighted by atomic mass is 15.2. The zero-order valence-electron chi connectivity index (χ0n) is 11.0. The van der Waals surface area contributed by atoms with Gasteiger partial charge in [-0.15, -0.1) is 0 Å². The smallest absolute Gasteiger partial charge is 0.226 e. The van der Waals surface area contributed by atoms with Crippen molar-refractivity contribution in [2.75, 3.05) is 11.9 Å². The number of nitrogens with zero attached hydrogens (tertiary/aromatic N) is 4. The van der Waals surface area contributed by atoms with Crippen molar-refractivity contribution in [1.82, 2.24) is 15.0 Å². The van der Waals surface area contributed by atoms with Crippen LogP contribution in [0.5, 0.6) is 0 Å². The molecule has 6 nitrogen and oxygen atoms in total. The van der Waals surface area contributed by atoms with E-state index >= 15 is 0 Å². The summed E-state index contributed by atoms with van der Waals surface area (Å²) in [4.78, 5) is 14.5. The molecular weight excluding hydrogens is 240 g/mol. The Kier molecular flexibility index (Phi) is 3.70. The van der Waals surface area contributed by atoms with E-state index in [4.69, 9.17) is 11.1 Å². The Morgan fingerprint density at radius 1 is 1.32 bits per heavy atom. The van der Waals surface area contributed by atoms with E-state index in [1.807, 2.05) is 31.0 Å². The number of aryl methyl sites for hydroxylation is 1. The van der Waals surface area contributed by atoms with Gasteiger partial charge in [0.25, 0.3) is 0 Å². The molecule has 2 aromatic rings. The predicted octanol–water partition coefficient (Wildman–Crippen LogP) is 1.10. The summed E-state index contributed by atoms with van der Waals surface area (Å²) in [5.41, 5.74) is 7.82. The molecule has 0 spiro atoms. The Hall–Kier alpha value is -2.50. The highest BCUT2D eigenvalue weighted by molar-refractivity contribution is 5.93. The van der Waals surface area contributed by atoms with Crippen LogP contribution in [-0.2, 0) is 6.54 Å². The van der Waals surface area contributed by atoms with E-state index in [0.717, 1.165) is 11.3 Å². The summed E-state index contributed by atoms with van der Waals surface area (Å²) < 4.78 is 0. The van der Waals surface area contributed by atoms with Crippen LogP contribution in [-0.4, -0.2) is 27.8 Å². The molecule has 0 radical (unpaired) electrons. The fourth-order valence-electron chi connectivity index (χ4n) is 1.69. The lowest BCUT2D eigenvalue weighted by Crippen LogP contribution is -2.22. The van der Waals surface area contributed by atoms with Crippen LogP contribution in [0.25, 0.3) is 0 Å². The highest BCUT2D eigenvalue weighted by Gasteiger charge is 2.09. The van der Waals surface area contributed by atoms with Crippen molar-refractivity contribution >= 4 is 11.8 Å². The second kappa shape index (κ2) is 5.43. The predicted molar refractivity (Wildman–Crippen MR) is 74.1 cm³/mol. The van der Waals surface area contributed by atoms with Crippen molar-refractivity contribution in [2.45, 2.75) is 13.5 Å². The quantitative estimate of drug-likeness (QED) is 0.631. The molecule has 3 N–H and O–H groups in total. The Labute approximate surface area is 111 Å². The van der Waals surface area contributed by atoms with Gasteiger partial charge in [-0.1, -0.05) is 0 Å². The number of anilines is 1. The number of hydrogen-bond donors (Lipinski definition) is 2. The standard InChI is InChI=1S/C13H16N6/c1-9-7-11(12(14)15)18-13(17-9)19(2)8-10-3-5-16-6-4-10/h3-7H,8H2,1-2H3,(H3,14,15). The zero-order valence-corrected chi connectivity index (χ0v) is 11.0. The van der Waals surface area contributed by atoms with Crippen LogP contribution in [0, 0.1) is 12.3 Å². The van der Waals surface area contributed by atoms with E-state index in [2.05, 4.69) is 15.0 Å². The van der Waals surface area contributed by atoms with Crippen LogP contribution in [0.2, 0.25) is 0 Å². The van der Waals surface area contributed by atoms with Crippen LogP contribution in [0.4, 0.5) is 5.95 Å². The number of amidine groups is 1. The third kappa shape index (κ3) is 3.25. The van der Waals surface area contributed by atoms with Crippen LogP contribution < -0.4 is 10.6 Å². The monoisotopic (exact) mass is 256 g/mol. The lowest BCUT2D eigenvalue weighted by Gasteiger charge is -2.18. The fourth-order valence-corrected chi connectivity index (χ4v) is 1.69. The third-order valence-corrected chi connectivity index (χ3v) is 2.63. The number of nitrogen functional groups attached to an aromatic ring is 1. The van der Waals surface area contributed by atoms with Crippen molar-refractivity contribution < 1.29 is 0 Å². The number of pyridine rings is 1. The molecule has 0 aliphatic carbocycles. The molecular formula is C13H16N6. The van der Waals surface area contributed by atoms with Crippen molar-refractivity contribution in [3.05, 3.63) is 47.5 Å². The van der Waals surface area contributed by atoms with Gasteiger partial charge in [0.1, 0.15) is 11.5 Å². The van der Waals surface area contributed by atoms with Crippen molar-refractivity contribution in [3.63, 3.8) is 0 Å². The van der Waals surface area contributed by atoms with Gasteiger partial charge in [0, 0.05) is 31.7 Å². The van der Waals surface area contributed by atoms with Crippen LogP contribution in [0.15, 0.2) is 30.6 Å². The van der Waals surface area contributed by atoms with E-state index in [0.29, 0.717) is 18.2 Å². The summed E-state index contributed by atoms with van der Waals surface area (Å²) in [6.07, 6.45) is 3.50. The molecule has 2 aromatic heterocycles. The average Bonchev–Trinajstić information content (AvgIpc) is 2.39. The Morgan fingerprint density at radius 2 is 2.00 bits per heavy atom. The van der Waals surface area contributed by atoms with Gasteiger partial charge >= 0.3 is 0 Å². The molecule has 2 rings (SSSR count). The van der Waals surface area contributed by atoms with Crippen LogP contribution in [0.3, 0.4) is 0 Å². The number of aromatic nitrogens is 3.